The van der Waals surface area contributed by atoms with Crippen LogP contribution < -0.4 is 4.73 Å². The summed E-state index contributed by atoms with van der Waals surface area (Å²) in [5.74, 6) is -0.231. The van der Waals surface area contributed by atoms with Crippen molar-refractivity contribution in [3.05, 3.63) is 27.1 Å². The maximum Gasteiger partial charge on any atom is 0.328 e. The molecular weight excluding hydrogens is 221 g/mol. The normalized spacial score (nSPS) is 9.80. The van der Waals surface area contributed by atoms with E-state index in [-0.39, 0.29) is 10.9 Å². The number of pyridine rings is 1. The highest BCUT2D eigenvalue weighted by atomic mass is 79.9. The Labute approximate surface area is 70.6 Å². The smallest absolute Gasteiger partial charge is 0.328 e. The van der Waals surface area contributed by atoms with Gasteiger partial charge in [-0.2, -0.15) is 4.73 Å². The molecule has 0 aliphatic carbocycles. The summed E-state index contributed by atoms with van der Waals surface area (Å²) in [5.41, 5.74) is 0. The number of rotatable bonds is 0. The molecule has 0 amide bonds. The number of aromatic nitrogens is 1. The molecule has 0 fully saturated rings. The number of aromatic hydroxyl groups is 1. The van der Waals surface area contributed by atoms with Gasteiger partial charge in [0.15, 0.2) is 6.20 Å². The number of halogens is 2. The summed E-state index contributed by atoms with van der Waals surface area (Å²) in [6.45, 7) is 0. The van der Waals surface area contributed by atoms with Gasteiger partial charge in [-0.1, -0.05) is 0 Å². The lowest BCUT2D eigenvalue weighted by Crippen LogP contribution is -2.26. The monoisotopic (exact) mass is 223 g/mol. The Kier molecular flexibility index (Phi) is 2.01. The topological polar surface area (TPSA) is 47.2 Å². The minimum atomic E-state index is -0.231. The summed E-state index contributed by atoms with van der Waals surface area (Å²) < 4.78 is 0.866. The standard InChI is InChI=1S/C5H3BrClNO2/c6-3-1-4(9)5(7)8(10)2-3/h1-2,9H. The van der Waals surface area contributed by atoms with Crippen LogP contribution in [-0.4, -0.2) is 5.11 Å². The molecule has 1 aromatic rings. The lowest BCUT2D eigenvalue weighted by molar-refractivity contribution is -0.604. The van der Waals surface area contributed by atoms with Gasteiger partial charge >= 0.3 is 5.15 Å². The molecule has 0 atom stereocenters. The molecule has 1 heterocycles. The van der Waals surface area contributed by atoms with Gasteiger partial charge in [0, 0.05) is 6.07 Å². The van der Waals surface area contributed by atoms with E-state index >= 15 is 0 Å². The first-order valence-corrected chi connectivity index (χ1v) is 3.55. The Hall–Kier alpha value is -0.480. The van der Waals surface area contributed by atoms with Crippen molar-refractivity contribution in [1.29, 1.82) is 0 Å². The number of hydrogen-bond acceptors (Lipinski definition) is 2. The second-order valence-corrected chi connectivity index (χ2v) is 2.93. The Bertz CT molecular complexity index is 243. The molecule has 0 spiro atoms. The van der Waals surface area contributed by atoms with Crippen molar-refractivity contribution >= 4 is 27.5 Å². The Morgan fingerprint density at radius 2 is 2.30 bits per heavy atom. The van der Waals surface area contributed by atoms with E-state index in [4.69, 9.17) is 16.7 Å². The predicted molar refractivity (Wildman–Crippen MR) is 39.8 cm³/mol. The summed E-state index contributed by atoms with van der Waals surface area (Å²) in [6.07, 6.45) is 1.21. The molecule has 10 heavy (non-hydrogen) atoms. The number of nitrogens with zero attached hydrogens (tertiary/aromatic N) is 1. The zero-order valence-corrected chi connectivity index (χ0v) is 7.06. The molecule has 0 bridgehead atoms. The minimum absolute atomic E-state index is 0.219. The molecule has 1 N–H and O–H groups in total. The molecule has 54 valence electrons. The summed E-state index contributed by atoms with van der Waals surface area (Å²) >= 11 is 8.34. The van der Waals surface area contributed by atoms with Crippen LogP contribution in [0, 0.1) is 5.21 Å². The fourth-order valence-electron chi connectivity index (χ4n) is 0.509. The fraction of sp³-hybridized carbons (Fsp3) is 0. The Balaban J connectivity index is 3.31. The molecule has 0 radical (unpaired) electrons. The first-order valence-electron chi connectivity index (χ1n) is 2.38. The van der Waals surface area contributed by atoms with Crippen LogP contribution in [0.25, 0.3) is 0 Å². The van der Waals surface area contributed by atoms with Crippen LogP contribution in [-0.2, 0) is 0 Å². The molecular formula is C5H3BrClNO2. The van der Waals surface area contributed by atoms with Crippen LogP contribution in [0.5, 0.6) is 5.75 Å². The zero-order valence-electron chi connectivity index (χ0n) is 4.71. The van der Waals surface area contributed by atoms with Crippen molar-refractivity contribution in [2.75, 3.05) is 0 Å². The molecule has 1 rings (SSSR count). The van der Waals surface area contributed by atoms with E-state index < -0.39 is 0 Å². The van der Waals surface area contributed by atoms with Gasteiger partial charge in [-0.05, 0) is 27.5 Å². The van der Waals surface area contributed by atoms with Gasteiger partial charge in [0.1, 0.15) is 0 Å². The van der Waals surface area contributed by atoms with Crippen molar-refractivity contribution in [2.24, 2.45) is 0 Å². The van der Waals surface area contributed by atoms with Gasteiger partial charge in [-0.25, -0.2) is 0 Å². The van der Waals surface area contributed by atoms with E-state index in [1.54, 1.807) is 0 Å². The predicted octanol–water partition coefficient (Wildman–Crippen LogP) is 1.44. The van der Waals surface area contributed by atoms with Gasteiger partial charge in [0.05, 0.1) is 4.47 Å². The first kappa shape index (κ1) is 7.63. The quantitative estimate of drug-likeness (QED) is 0.412. The highest BCUT2D eigenvalue weighted by Crippen LogP contribution is 2.21. The van der Waals surface area contributed by atoms with Crippen LogP contribution in [0.4, 0.5) is 0 Å². The SMILES string of the molecule is [O-][n+]1cc(Br)cc(O)c1Cl. The molecule has 0 unspecified atom stereocenters. The molecule has 0 aromatic carbocycles. The molecule has 0 saturated carbocycles. The van der Waals surface area contributed by atoms with E-state index in [9.17, 15) is 5.21 Å². The van der Waals surface area contributed by atoms with Crippen LogP contribution >= 0.6 is 27.5 Å². The fourth-order valence-corrected chi connectivity index (χ4v) is 1.02. The van der Waals surface area contributed by atoms with Gasteiger partial charge in [0.25, 0.3) is 0 Å². The minimum Gasteiger partial charge on any atom is -0.618 e. The molecule has 5 heteroatoms. The molecule has 0 aliphatic rings. The largest absolute Gasteiger partial charge is 0.618 e. The molecule has 0 aliphatic heterocycles. The van der Waals surface area contributed by atoms with Crippen molar-refractivity contribution in [1.82, 2.24) is 0 Å². The van der Waals surface area contributed by atoms with E-state index in [1.165, 1.54) is 12.3 Å². The van der Waals surface area contributed by atoms with Crippen molar-refractivity contribution < 1.29 is 9.84 Å². The third-order valence-electron chi connectivity index (χ3n) is 0.920. The lowest BCUT2D eigenvalue weighted by Gasteiger charge is -1.99. The van der Waals surface area contributed by atoms with Crippen LogP contribution in [0.3, 0.4) is 0 Å². The average molecular weight is 224 g/mol. The van der Waals surface area contributed by atoms with Gasteiger partial charge in [-0.3, -0.25) is 0 Å². The van der Waals surface area contributed by atoms with Crippen LogP contribution in [0.1, 0.15) is 0 Å². The third kappa shape index (κ3) is 1.33. The average Bonchev–Trinajstić information content (AvgIpc) is 1.82. The molecule has 1 aromatic heterocycles. The lowest BCUT2D eigenvalue weighted by atomic mass is 10.5. The van der Waals surface area contributed by atoms with Gasteiger partial charge in [0.2, 0.25) is 5.75 Å². The van der Waals surface area contributed by atoms with E-state index in [0.29, 0.717) is 9.20 Å². The maximum atomic E-state index is 10.7. The highest BCUT2D eigenvalue weighted by Gasteiger charge is 2.08. The second-order valence-electron chi connectivity index (χ2n) is 1.66. The van der Waals surface area contributed by atoms with E-state index in [0.717, 1.165) is 0 Å². The van der Waals surface area contributed by atoms with Crippen LogP contribution in [0.2, 0.25) is 5.15 Å². The Morgan fingerprint density at radius 3 is 2.80 bits per heavy atom. The second kappa shape index (κ2) is 2.64. The summed E-state index contributed by atoms with van der Waals surface area (Å²) in [7, 11) is 0. The number of hydrogen-bond donors (Lipinski definition) is 1. The summed E-state index contributed by atoms with van der Waals surface area (Å²) in [6, 6.07) is 1.34. The van der Waals surface area contributed by atoms with Crippen LogP contribution in [0.15, 0.2) is 16.7 Å². The summed E-state index contributed by atoms with van der Waals surface area (Å²) in [4.78, 5) is 0. The van der Waals surface area contributed by atoms with Gasteiger partial charge < -0.3 is 10.3 Å². The third-order valence-corrected chi connectivity index (χ3v) is 1.71. The maximum absolute atomic E-state index is 10.7. The Morgan fingerprint density at radius 1 is 1.70 bits per heavy atom. The first-order chi connectivity index (χ1) is 4.61. The van der Waals surface area contributed by atoms with Crippen molar-refractivity contribution in [2.45, 2.75) is 0 Å². The van der Waals surface area contributed by atoms with Crippen molar-refractivity contribution in [3.63, 3.8) is 0 Å². The van der Waals surface area contributed by atoms with Gasteiger partial charge in [-0.15, -0.1) is 0 Å². The van der Waals surface area contributed by atoms with Crippen molar-refractivity contribution in [3.8, 4) is 5.75 Å². The summed E-state index contributed by atoms with van der Waals surface area (Å²) in [5, 5.41) is 19.3. The molecule has 3 nitrogen and oxygen atoms in total. The van der Waals surface area contributed by atoms with E-state index in [2.05, 4.69) is 15.9 Å². The molecule has 0 saturated heterocycles. The zero-order chi connectivity index (χ0) is 7.72. The van der Waals surface area contributed by atoms with E-state index in [1.807, 2.05) is 0 Å². The highest BCUT2D eigenvalue weighted by molar-refractivity contribution is 9.10.